The van der Waals surface area contributed by atoms with Crippen molar-refractivity contribution in [2.24, 2.45) is 14.1 Å². The average Bonchev–Trinajstić information content (AvgIpc) is 3.69. The van der Waals surface area contributed by atoms with Gasteiger partial charge < -0.3 is 9.30 Å². The highest BCUT2D eigenvalue weighted by molar-refractivity contribution is 8.21. The topological polar surface area (TPSA) is 118 Å². The van der Waals surface area contributed by atoms with E-state index < -0.39 is 47.7 Å². The largest absolute Gasteiger partial charge is 0.465 e. The summed E-state index contributed by atoms with van der Waals surface area (Å²) in [6, 6.07) is 3.13. The number of fused-ring (bicyclic) bond motifs is 3. The molecule has 0 bridgehead atoms. The molecule has 236 valence electrons. The van der Waals surface area contributed by atoms with E-state index in [0.29, 0.717) is 59.8 Å². The molecule has 0 saturated heterocycles. The SMILES string of the molecule is COC(=O)C1=C(C)c2c(c3ncc(-c4c(C)nnn4C)cc3n2C(CCC(F)(F)F)c2ncccc2F)[SH]1c1c(C)nnn1C. The Labute approximate surface area is 257 Å². The lowest BCUT2D eigenvalue weighted by molar-refractivity contribution is -0.137. The van der Waals surface area contributed by atoms with Gasteiger partial charge in [-0.15, -0.1) is 21.1 Å². The summed E-state index contributed by atoms with van der Waals surface area (Å²) in [6.07, 6.45) is -3.26. The standard InChI is InChI=1S/C29H29F4N9O2S/c1-14-23-26(45(25(14)28(43)44-6)27-16(3)37-39-41(27)5)22-20(12-17(13-35-22)24-15(2)36-38-40(24)4)42(23)19(9-10-29(31,32)33)21-18(30)8-7-11-34-21/h7-8,11-13,19,45H,9-10H2,1-6H3. The third-order valence-electron chi connectivity index (χ3n) is 7.91. The molecule has 0 spiro atoms. The van der Waals surface area contributed by atoms with Gasteiger partial charge in [-0.1, -0.05) is 10.4 Å². The number of alkyl halides is 3. The number of carbonyl (C=O) groups excluding carboxylic acids is 1. The van der Waals surface area contributed by atoms with Crippen molar-refractivity contribution >= 4 is 33.5 Å². The predicted molar refractivity (Wildman–Crippen MR) is 158 cm³/mol. The van der Waals surface area contributed by atoms with Gasteiger partial charge in [-0.2, -0.15) is 13.2 Å². The van der Waals surface area contributed by atoms with Gasteiger partial charge in [0.05, 0.1) is 52.0 Å². The number of thiol groups is 1. The molecular weight excluding hydrogens is 614 g/mol. The Morgan fingerprint density at radius 1 is 1.04 bits per heavy atom. The first-order chi connectivity index (χ1) is 21.3. The average molecular weight is 644 g/mol. The smallest absolute Gasteiger partial charge is 0.389 e. The van der Waals surface area contributed by atoms with E-state index in [2.05, 4.69) is 25.6 Å². The molecule has 0 amide bonds. The van der Waals surface area contributed by atoms with Crippen LogP contribution >= 0.6 is 10.9 Å². The first-order valence-corrected chi connectivity index (χ1v) is 15.2. The van der Waals surface area contributed by atoms with Gasteiger partial charge in [-0.25, -0.2) is 18.5 Å². The Hall–Kier alpha value is -4.60. The lowest BCUT2D eigenvalue weighted by Gasteiger charge is -2.24. The van der Waals surface area contributed by atoms with Gasteiger partial charge in [0, 0.05) is 43.4 Å². The molecule has 45 heavy (non-hydrogen) atoms. The fourth-order valence-corrected chi connectivity index (χ4v) is 9.01. The maximum Gasteiger partial charge on any atom is 0.389 e. The van der Waals surface area contributed by atoms with Crippen LogP contribution in [0.3, 0.4) is 0 Å². The Morgan fingerprint density at radius 2 is 1.76 bits per heavy atom. The second-order valence-electron chi connectivity index (χ2n) is 10.8. The molecule has 6 heterocycles. The maximum atomic E-state index is 15.5. The number of pyridine rings is 2. The first kappa shape index (κ1) is 30.4. The summed E-state index contributed by atoms with van der Waals surface area (Å²) in [6.45, 7) is 5.27. The zero-order valence-corrected chi connectivity index (χ0v) is 26.1. The van der Waals surface area contributed by atoms with Gasteiger partial charge in [0.1, 0.15) is 16.4 Å². The monoisotopic (exact) mass is 643 g/mol. The van der Waals surface area contributed by atoms with Crippen LogP contribution in [0.1, 0.15) is 48.6 Å². The summed E-state index contributed by atoms with van der Waals surface area (Å²) >= 11 is 0. The molecule has 0 aliphatic carbocycles. The number of hydrogen-bond donors (Lipinski definition) is 1. The molecule has 0 N–H and O–H groups in total. The number of nitrogens with zero attached hydrogens (tertiary/aromatic N) is 9. The summed E-state index contributed by atoms with van der Waals surface area (Å²) in [5.41, 5.74) is 4.13. The number of aromatic nitrogens is 9. The van der Waals surface area contributed by atoms with Gasteiger partial charge in [-0.05, 0) is 51.0 Å². The van der Waals surface area contributed by atoms with Gasteiger partial charge in [-0.3, -0.25) is 9.97 Å². The van der Waals surface area contributed by atoms with Crippen molar-refractivity contribution in [2.45, 2.75) is 55.8 Å². The number of carbonyl (C=O) groups is 1. The van der Waals surface area contributed by atoms with E-state index >= 15 is 4.39 Å². The maximum absolute atomic E-state index is 15.5. The van der Waals surface area contributed by atoms with Crippen LogP contribution < -0.4 is 0 Å². The Kier molecular flexibility index (Phi) is 7.49. The highest BCUT2D eigenvalue weighted by atomic mass is 32.2. The molecule has 16 heteroatoms. The van der Waals surface area contributed by atoms with Crippen LogP contribution in [0, 0.1) is 19.7 Å². The molecule has 0 aromatic carbocycles. The third kappa shape index (κ3) is 4.96. The van der Waals surface area contributed by atoms with Crippen LogP contribution in [0.25, 0.3) is 27.9 Å². The molecule has 1 aliphatic rings. The van der Waals surface area contributed by atoms with E-state index in [1.165, 1.54) is 25.4 Å². The number of rotatable bonds is 7. The van der Waals surface area contributed by atoms with E-state index in [1.54, 1.807) is 61.1 Å². The van der Waals surface area contributed by atoms with Crippen molar-refractivity contribution in [3.05, 3.63) is 64.1 Å². The van der Waals surface area contributed by atoms with Crippen LogP contribution in [-0.2, 0) is 23.6 Å². The van der Waals surface area contributed by atoms with Crippen LogP contribution in [0.15, 0.2) is 45.4 Å². The molecule has 2 unspecified atom stereocenters. The summed E-state index contributed by atoms with van der Waals surface area (Å²) in [5.74, 6) is -1.35. The minimum absolute atomic E-state index is 0.160. The van der Waals surface area contributed by atoms with Crippen molar-refractivity contribution in [3.63, 3.8) is 0 Å². The Balaban J connectivity index is 1.75. The predicted octanol–water partition coefficient (Wildman–Crippen LogP) is 5.38. The molecular formula is C29H29F4N9O2S. The molecule has 0 radical (unpaired) electrons. The molecule has 6 rings (SSSR count). The van der Waals surface area contributed by atoms with Gasteiger partial charge >= 0.3 is 12.1 Å². The van der Waals surface area contributed by atoms with Gasteiger partial charge in [0.25, 0.3) is 0 Å². The molecule has 1 aliphatic heterocycles. The molecule has 5 aromatic heterocycles. The number of aryl methyl sites for hydroxylation is 4. The van der Waals surface area contributed by atoms with E-state index in [9.17, 15) is 18.0 Å². The van der Waals surface area contributed by atoms with Crippen molar-refractivity contribution < 1.29 is 27.1 Å². The lowest BCUT2D eigenvalue weighted by Crippen LogP contribution is -2.19. The van der Waals surface area contributed by atoms with Crippen molar-refractivity contribution in [1.29, 1.82) is 0 Å². The zero-order valence-electron chi connectivity index (χ0n) is 25.2. The molecule has 0 fully saturated rings. The van der Waals surface area contributed by atoms with Crippen LogP contribution in [0.4, 0.5) is 17.6 Å². The van der Waals surface area contributed by atoms with E-state index in [-0.39, 0.29) is 5.69 Å². The minimum Gasteiger partial charge on any atom is -0.465 e. The van der Waals surface area contributed by atoms with Crippen molar-refractivity contribution in [3.8, 4) is 11.3 Å². The van der Waals surface area contributed by atoms with Crippen LogP contribution in [0.2, 0.25) is 0 Å². The molecule has 0 saturated carbocycles. The summed E-state index contributed by atoms with van der Waals surface area (Å²) in [5, 5.41) is 17.2. The number of esters is 1. The lowest BCUT2D eigenvalue weighted by atomic mass is 10.0. The van der Waals surface area contributed by atoms with Gasteiger partial charge in [0.2, 0.25) is 0 Å². The van der Waals surface area contributed by atoms with E-state index in [1.807, 2.05) is 0 Å². The molecule has 2 atom stereocenters. The van der Waals surface area contributed by atoms with Crippen molar-refractivity contribution in [2.75, 3.05) is 7.11 Å². The van der Waals surface area contributed by atoms with Crippen molar-refractivity contribution in [1.82, 2.24) is 44.5 Å². The fourth-order valence-electron chi connectivity index (χ4n) is 6.08. The number of ether oxygens (including phenoxy) is 1. The Bertz CT molecular complexity index is 1970. The van der Waals surface area contributed by atoms with Gasteiger partial charge in [0.15, 0.2) is 0 Å². The second-order valence-corrected chi connectivity index (χ2v) is 12.8. The number of hydrogen-bond acceptors (Lipinski definition) is 8. The third-order valence-corrected chi connectivity index (χ3v) is 10.8. The quantitative estimate of drug-likeness (QED) is 0.143. The normalized spacial score (nSPS) is 16.4. The van der Waals surface area contributed by atoms with Crippen LogP contribution in [-0.4, -0.2) is 63.8 Å². The first-order valence-electron chi connectivity index (χ1n) is 13.9. The Morgan fingerprint density at radius 3 is 2.36 bits per heavy atom. The summed E-state index contributed by atoms with van der Waals surface area (Å²) in [4.78, 5) is 23.4. The number of allylic oxidation sites excluding steroid dienone is 1. The minimum atomic E-state index is -4.53. The highest BCUT2D eigenvalue weighted by Crippen LogP contribution is 2.64. The highest BCUT2D eigenvalue weighted by Gasteiger charge is 2.43. The van der Waals surface area contributed by atoms with E-state index in [0.717, 1.165) is 0 Å². The molecule has 5 aromatic rings. The van der Waals surface area contributed by atoms with E-state index in [4.69, 9.17) is 9.72 Å². The van der Waals surface area contributed by atoms with Crippen LogP contribution in [0.5, 0.6) is 0 Å². The zero-order chi connectivity index (χ0) is 32.4. The molecule has 11 nitrogen and oxygen atoms in total. The second kappa shape index (κ2) is 11.1. The summed E-state index contributed by atoms with van der Waals surface area (Å²) in [7, 11) is 3.00. The summed E-state index contributed by atoms with van der Waals surface area (Å²) < 4.78 is 66.9. The fraction of sp³-hybridized carbons (Fsp3) is 0.345. The number of methoxy groups -OCH3 is 1. The number of halogens is 4.